The van der Waals surface area contributed by atoms with Crippen molar-refractivity contribution in [2.24, 2.45) is 0 Å². The first-order valence-corrected chi connectivity index (χ1v) is 9.67. The molecule has 0 aliphatic heterocycles. The summed E-state index contributed by atoms with van der Waals surface area (Å²) in [6.07, 6.45) is 0. The lowest BCUT2D eigenvalue weighted by Gasteiger charge is -2.28. The zero-order chi connectivity index (χ0) is 22.2. The van der Waals surface area contributed by atoms with Gasteiger partial charge in [-0.25, -0.2) is 8.78 Å². The molecule has 0 aromatic heterocycles. The Labute approximate surface area is 178 Å². The van der Waals surface area contributed by atoms with Crippen molar-refractivity contribution in [2.75, 3.05) is 0 Å². The number of benzene rings is 4. The number of hydrogen-bond donors (Lipinski definition) is 3. The summed E-state index contributed by atoms with van der Waals surface area (Å²) in [4.78, 5) is 0. The molecule has 5 heteroatoms. The Bertz CT molecular complexity index is 1180. The Kier molecular flexibility index (Phi) is 5.11. The van der Waals surface area contributed by atoms with E-state index in [0.29, 0.717) is 5.56 Å². The van der Waals surface area contributed by atoms with E-state index in [1.807, 2.05) is 0 Å². The molecule has 3 N–H and O–H groups in total. The van der Waals surface area contributed by atoms with Gasteiger partial charge in [-0.15, -0.1) is 0 Å². The molecule has 0 saturated carbocycles. The third-order valence-corrected chi connectivity index (χ3v) is 5.42. The van der Waals surface area contributed by atoms with Crippen LogP contribution in [0.5, 0.6) is 17.2 Å². The summed E-state index contributed by atoms with van der Waals surface area (Å²) >= 11 is 0. The van der Waals surface area contributed by atoms with Gasteiger partial charge in [0.25, 0.3) is 0 Å². The first-order chi connectivity index (χ1) is 14.8. The SMILES string of the molecule is Cc1cc(C(F)(c2ccc(-c3ccc(O)cc3)cc2)c2ccc(O)c(F)c2)ccc1O. The number of hydrogen-bond acceptors (Lipinski definition) is 3. The summed E-state index contributed by atoms with van der Waals surface area (Å²) in [6, 6.07) is 21.2. The second kappa shape index (κ2) is 7.76. The molecule has 4 aromatic rings. The number of aromatic hydroxyl groups is 3. The first-order valence-electron chi connectivity index (χ1n) is 9.67. The molecule has 1 unspecified atom stereocenters. The highest BCUT2D eigenvalue weighted by Gasteiger charge is 2.37. The predicted molar refractivity (Wildman–Crippen MR) is 115 cm³/mol. The zero-order valence-corrected chi connectivity index (χ0v) is 16.7. The summed E-state index contributed by atoms with van der Waals surface area (Å²) in [6.45, 7) is 1.66. The van der Waals surface area contributed by atoms with Crippen molar-refractivity contribution in [3.05, 3.63) is 113 Å². The smallest absolute Gasteiger partial charge is 0.186 e. The summed E-state index contributed by atoms with van der Waals surface area (Å²) in [5, 5.41) is 28.9. The molecule has 1 atom stereocenters. The maximum atomic E-state index is 16.8. The average Bonchev–Trinajstić information content (AvgIpc) is 2.77. The van der Waals surface area contributed by atoms with Crippen LogP contribution in [-0.2, 0) is 5.67 Å². The molecular formula is C26H20F2O3. The van der Waals surface area contributed by atoms with E-state index in [9.17, 15) is 19.7 Å². The second-order valence-corrected chi connectivity index (χ2v) is 7.45. The predicted octanol–water partition coefficient (Wildman–Crippen LogP) is 6.18. The molecule has 0 fully saturated rings. The fourth-order valence-electron chi connectivity index (χ4n) is 3.64. The molecule has 4 aromatic carbocycles. The van der Waals surface area contributed by atoms with E-state index in [4.69, 9.17) is 0 Å². The van der Waals surface area contributed by atoms with Crippen molar-refractivity contribution in [1.82, 2.24) is 0 Å². The Morgan fingerprint density at radius 1 is 0.613 bits per heavy atom. The Morgan fingerprint density at radius 2 is 1.10 bits per heavy atom. The normalized spacial score (nSPS) is 13.0. The fraction of sp³-hybridized carbons (Fsp3) is 0.0769. The van der Waals surface area contributed by atoms with Crippen LogP contribution in [0.3, 0.4) is 0 Å². The van der Waals surface area contributed by atoms with Crippen LogP contribution in [0.1, 0.15) is 22.3 Å². The molecule has 0 aliphatic rings. The van der Waals surface area contributed by atoms with Gasteiger partial charge in [-0.1, -0.05) is 48.5 Å². The minimum atomic E-state index is -2.22. The lowest BCUT2D eigenvalue weighted by Crippen LogP contribution is -2.24. The third-order valence-electron chi connectivity index (χ3n) is 5.42. The number of phenols is 3. The molecule has 0 radical (unpaired) electrons. The average molecular weight is 418 g/mol. The van der Waals surface area contributed by atoms with E-state index in [2.05, 4.69) is 0 Å². The monoisotopic (exact) mass is 418 g/mol. The van der Waals surface area contributed by atoms with E-state index < -0.39 is 17.2 Å². The van der Waals surface area contributed by atoms with Crippen LogP contribution < -0.4 is 0 Å². The lowest BCUT2D eigenvalue weighted by molar-refractivity contribution is 0.279. The Morgan fingerprint density at radius 3 is 1.65 bits per heavy atom. The molecule has 0 aliphatic carbocycles. The van der Waals surface area contributed by atoms with Crippen LogP contribution in [-0.4, -0.2) is 15.3 Å². The maximum absolute atomic E-state index is 16.8. The molecule has 0 heterocycles. The van der Waals surface area contributed by atoms with Crippen LogP contribution in [0.4, 0.5) is 8.78 Å². The maximum Gasteiger partial charge on any atom is 0.186 e. The minimum absolute atomic E-state index is 0.0188. The van der Waals surface area contributed by atoms with Gasteiger partial charge in [-0.05, 0) is 71.1 Å². The van der Waals surface area contributed by atoms with E-state index in [1.165, 1.54) is 24.3 Å². The standard InChI is InChI=1S/C26H20F2O3/c1-16-14-20(8-12-24(16)30)26(28,21-9-13-25(31)23(27)15-21)19-6-2-17(3-7-19)18-4-10-22(29)11-5-18/h2-15,29-31H,1H3. The van der Waals surface area contributed by atoms with Crippen LogP contribution >= 0.6 is 0 Å². The van der Waals surface area contributed by atoms with E-state index in [-0.39, 0.29) is 28.2 Å². The van der Waals surface area contributed by atoms with Gasteiger partial charge in [-0.3, -0.25) is 0 Å². The van der Waals surface area contributed by atoms with E-state index >= 15 is 4.39 Å². The summed E-state index contributed by atoms with van der Waals surface area (Å²) in [5.74, 6) is -1.29. The Balaban J connectivity index is 1.86. The zero-order valence-electron chi connectivity index (χ0n) is 16.7. The molecule has 0 saturated heterocycles. The molecule has 31 heavy (non-hydrogen) atoms. The Hall–Kier alpha value is -3.86. The number of rotatable bonds is 4. The molecule has 3 nitrogen and oxygen atoms in total. The minimum Gasteiger partial charge on any atom is -0.508 e. The lowest BCUT2D eigenvalue weighted by atomic mass is 9.81. The van der Waals surface area contributed by atoms with E-state index in [0.717, 1.165) is 23.3 Å². The van der Waals surface area contributed by atoms with Gasteiger partial charge in [0.15, 0.2) is 17.2 Å². The van der Waals surface area contributed by atoms with Gasteiger partial charge in [-0.2, -0.15) is 0 Å². The van der Waals surface area contributed by atoms with Crippen molar-refractivity contribution >= 4 is 0 Å². The number of phenolic OH excluding ortho intramolecular Hbond substituents is 3. The number of halogens is 2. The van der Waals surface area contributed by atoms with Gasteiger partial charge in [0, 0.05) is 5.56 Å². The van der Waals surface area contributed by atoms with Crippen LogP contribution in [0.15, 0.2) is 84.9 Å². The largest absolute Gasteiger partial charge is 0.508 e. The van der Waals surface area contributed by atoms with Crippen molar-refractivity contribution in [1.29, 1.82) is 0 Å². The van der Waals surface area contributed by atoms with Crippen molar-refractivity contribution in [3.63, 3.8) is 0 Å². The van der Waals surface area contributed by atoms with Gasteiger partial charge in [0.05, 0.1) is 0 Å². The topological polar surface area (TPSA) is 60.7 Å². The van der Waals surface area contributed by atoms with Crippen molar-refractivity contribution in [3.8, 4) is 28.4 Å². The summed E-state index contributed by atoms with van der Waals surface area (Å²) < 4.78 is 31.0. The molecule has 0 spiro atoms. The van der Waals surface area contributed by atoms with Crippen molar-refractivity contribution in [2.45, 2.75) is 12.6 Å². The van der Waals surface area contributed by atoms with Gasteiger partial charge in [0.2, 0.25) is 0 Å². The first kappa shape index (κ1) is 20.4. The van der Waals surface area contributed by atoms with Crippen LogP contribution in [0.25, 0.3) is 11.1 Å². The second-order valence-electron chi connectivity index (χ2n) is 7.45. The van der Waals surface area contributed by atoms with Gasteiger partial charge < -0.3 is 15.3 Å². The van der Waals surface area contributed by atoms with Crippen LogP contribution in [0.2, 0.25) is 0 Å². The third kappa shape index (κ3) is 3.70. The molecule has 156 valence electrons. The van der Waals surface area contributed by atoms with E-state index in [1.54, 1.807) is 55.5 Å². The molecular weight excluding hydrogens is 398 g/mol. The van der Waals surface area contributed by atoms with Gasteiger partial charge in [0.1, 0.15) is 11.5 Å². The van der Waals surface area contributed by atoms with Crippen LogP contribution in [0, 0.1) is 12.7 Å². The van der Waals surface area contributed by atoms with Crippen molar-refractivity contribution < 1.29 is 24.1 Å². The quantitative estimate of drug-likeness (QED) is 0.347. The molecule has 0 bridgehead atoms. The highest BCUT2D eigenvalue weighted by Crippen LogP contribution is 2.43. The molecule has 4 rings (SSSR count). The highest BCUT2D eigenvalue weighted by atomic mass is 19.1. The summed E-state index contributed by atoms with van der Waals surface area (Å²) in [7, 11) is 0. The molecule has 0 amide bonds. The fourth-order valence-corrected chi connectivity index (χ4v) is 3.64. The summed E-state index contributed by atoms with van der Waals surface area (Å²) in [5.41, 5.74) is 0.454. The number of aryl methyl sites for hydroxylation is 1. The van der Waals surface area contributed by atoms with Gasteiger partial charge >= 0.3 is 0 Å². The highest BCUT2D eigenvalue weighted by molar-refractivity contribution is 5.65. The number of alkyl halides is 1.